The Morgan fingerprint density at radius 1 is 1.12 bits per heavy atom. The Kier molecular flexibility index (Phi) is 2.11. The smallest absolute Gasteiger partial charge is 0.134 e. The fraction of sp³-hybridized carbons (Fsp3) is 0.0714. The third-order valence-corrected chi connectivity index (χ3v) is 2.97. The molecule has 0 atom stereocenters. The Morgan fingerprint density at radius 3 is 2.71 bits per heavy atom. The highest BCUT2D eigenvalue weighted by atomic mass is 16.3. The summed E-state index contributed by atoms with van der Waals surface area (Å²) >= 11 is 0. The molecule has 2 aromatic heterocycles. The Labute approximate surface area is 99.0 Å². The molecule has 17 heavy (non-hydrogen) atoms. The minimum atomic E-state index is 0.188. The lowest BCUT2D eigenvalue weighted by Crippen LogP contribution is -1.91. The molecule has 0 fully saturated rings. The van der Waals surface area contributed by atoms with Gasteiger partial charge in [0.1, 0.15) is 5.75 Å². The quantitative estimate of drug-likeness (QED) is 0.690. The highest BCUT2D eigenvalue weighted by molar-refractivity contribution is 5.86. The monoisotopic (exact) mass is 224 g/mol. The molecule has 3 aromatic rings. The lowest BCUT2D eigenvalue weighted by Gasteiger charge is -2.04. The summed E-state index contributed by atoms with van der Waals surface area (Å²) in [5, 5.41) is 10.7. The van der Waals surface area contributed by atoms with Gasteiger partial charge in [-0.1, -0.05) is 18.2 Å². The van der Waals surface area contributed by atoms with Gasteiger partial charge in [-0.05, 0) is 18.2 Å². The average Bonchev–Trinajstić information content (AvgIpc) is 2.68. The molecule has 0 saturated carbocycles. The molecule has 84 valence electrons. The number of pyridine rings is 1. The maximum Gasteiger partial charge on any atom is 0.134 e. The van der Waals surface area contributed by atoms with Crippen LogP contribution in [0.2, 0.25) is 0 Å². The second-order valence-electron chi connectivity index (χ2n) is 4.08. The van der Waals surface area contributed by atoms with Gasteiger partial charge in [-0.2, -0.15) is 0 Å². The molecule has 3 rings (SSSR count). The zero-order valence-corrected chi connectivity index (χ0v) is 9.46. The lowest BCUT2D eigenvalue weighted by atomic mass is 10.2. The Hall–Kier alpha value is -2.29. The number of nitrogens with zero attached hydrogens (tertiary/aromatic N) is 2. The van der Waals surface area contributed by atoms with Crippen LogP contribution in [0.3, 0.4) is 0 Å². The van der Waals surface area contributed by atoms with Gasteiger partial charge in [0.2, 0.25) is 0 Å². The largest absolute Gasteiger partial charge is 0.506 e. The number of aryl methyl sites for hydroxylation is 1. The summed E-state index contributed by atoms with van der Waals surface area (Å²) < 4.78 is 2.10. The number of rotatable bonds is 1. The van der Waals surface area contributed by atoms with Crippen molar-refractivity contribution in [3.05, 3.63) is 48.8 Å². The van der Waals surface area contributed by atoms with Crippen LogP contribution in [0, 0.1) is 0 Å². The SMILES string of the molecule is Cn1c(-c2cncc(O)c2)cc2ccccc21. The third-order valence-electron chi connectivity index (χ3n) is 2.97. The minimum Gasteiger partial charge on any atom is -0.506 e. The molecule has 0 bridgehead atoms. The van der Waals surface area contributed by atoms with Gasteiger partial charge < -0.3 is 9.67 Å². The fourth-order valence-corrected chi connectivity index (χ4v) is 2.13. The standard InChI is InChI=1S/C14H12N2O/c1-16-13-5-3-2-4-10(13)7-14(16)11-6-12(17)9-15-8-11/h2-9,17H,1H3. The predicted octanol–water partition coefficient (Wildman–Crippen LogP) is 2.95. The summed E-state index contributed by atoms with van der Waals surface area (Å²) in [6, 6.07) is 12.0. The van der Waals surface area contributed by atoms with E-state index in [1.807, 2.05) is 19.2 Å². The number of benzene rings is 1. The van der Waals surface area contributed by atoms with E-state index in [0.717, 1.165) is 11.3 Å². The van der Waals surface area contributed by atoms with Crippen LogP contribution >= 0.6 is 0 Å². The van der Waals surface area contributed by atoms with Gasteiger partial charge in [0, 0.05) is 29.7 Å². The van der Waals surface area contributed by atoms with Gasteiger partial charge in [-0.3, -0.25) is 4.98 Å². The first-order chi connectivity index (χ1) is 8.25. The Morgan fingerprint density at radius 2 is 1.94 bits per heavy atom. The lowest BCUT2D eigenvalue weighted by molar-refractivity contribution is 0.473. The minimum absolute atomic E-state index is 0.188. The van der Waals surface area contributed by atoms with Crippen LogP contribution in [0.25, 0.3) is 22.2 Å². The summed E-state index contributed by atoms with van der Waals surface area (Å²) in [7, 11) is 2.02. The molecule has 1 aromatic carbocycles. The highest BCUT2D eigenvalue weighted by Crippen LogP contribution is 2.27. The normalized spacial score (nSPS) is 10.9. The predicted molar refractivity (Wildman–Crippen MR) is 67.8 cm³/mol. The molecule has 0 aliphatic carbocycles. The van der Waals surface area contributed by atoms with Crippen molar-refractivity contribution >= 4 is 10.9 Å². The van der Waals surface area contributed by atoms with Crippen molar-refractivity contribution in [1.29, 1.82) is 0 Å². The van der Waals surface area contributed by atoms with Gasteiger partial charge in [-0.15, -0.1) is 0 Å². The van der Waals surface area contributed by atoms with E-state index in [2.05, 4.69) is 27.8 Å². The average molecular weight is 224 g/mol. The molecule has 2 heterocycles. The van der Waals surface area contributed by atoms with Crippen LogP contribution in [0.5, 0.6) is 5.75 Å². The van der Waals surface area contributed by atoms with Gasteiger partial charge in [0.05, 0.1) is 11.9 Å². The number of para-hydroxylation sites is 1. The first-order valence-corrected chi connectivity index (χ1v) is 5.44. The van der Waals surface area contributed by atoms with Gasteiger partial charge in [0.15, 0.2) is 0 Å². The number of fused-ring (bicyclic) bond motifs is 1. The second kappa shape index (κ2) is 3.63. The zero-order valence-electron chi connectivity index (χ0n) is 9.46. The van der Waals surface area contributed by atoms with E-state index in [0.29, 0.717) is 0 Å². The molecule has 3 heteroatoms. The van der Waals surface area contributed by atoms with Crippen molar-refractivity contribution in [1.82, 2.24) is 9.55 Å². The summed E-state index contributed by atoms with van der Waals surface area (Å²) in [6.07, 6.45) is 3.19. The second-order valence-corrected chi connectivity index (χ2v) is 4.08. The summed E-state index contributed by atoms with van der Waals surface area (Å²) in [5.41, 5.74) is 3.14. The molecule has 0 aliphatic heterocycles. The molecule has 0 spiro atoms. The number of aromatic nitrogens is 2. The molecule has 0 aliphatic rings. The van der Waals surface area contributed by atoms with Crippen molar-refractivity contribution in [2.45, 2.75) is 0 Å². The Bertz CT molecular complexity index is 686. The topological polar surface area (TPSA) is 38.0 Å². The fourth-order valence-electron chi connectivity index (χ4n) is 2.13. The van der Waals surface area contributed by atoms with Crippen molar-refractivity contribution in [3.63, 3.8) is 0 Å². The van der Waals surface area contributed by atoms with Crippen LogP contribution in [0.4, 0.5) is 0 Å². The summed E-state index contributed by atoms with van der Waals surface area (Å²) in [4.78, 5) is 4.01. The molecular weight excluding hydrogens is 212 g/mol. The molecule has 0 amide bonds. The molecule has 0 radical (unpaired) electrons. The molecule has 0 unspecified atom stereocenters. The summed E-state index contributed by atoms with van der Waals surface area (Å²) in [6.45, 7) is 0. The van der Waals surface area contributed by atoms with Crippen LogP contribution < -0.4 is 0 Å². The first-order valence-electron chi connectivity index (χ1n) is 5.44. The number of hydrogen-bond donors (Lipinski definition) is 1. The van der Waals surface area contributed by atoms with E-state index in [4.69, 9.17) is 0 Å². The van der Waals surface area contributed by atoms with Gasteiger partial charge >= 0.3 is 0 Å². The highest BCUT2D eigenvalue weighted by Gasteiger charge is 2.07. The van der Waals surface area contributed by atoms with Crippen molar-refractivity contribution in [2.75, 3.05) is 0 Å². The van der Waals surface area contributed by atoms with Crippen LogP contribution in [0.15, 0.2) is 48.8 Å². The van der Waals surface area contributed by atoms with Crippen molar-refractivity contribution in [3.8, 4) is 17.0 Å². The molecule has 3 nitrogen and oxygen atoms in total. The van der Waals surface area contributed by atoms with Gasteiger partial charge in [0.25, 0.3) is 0 Å². The number of aromatic hydroxyl groups is 1. The van der Waals surface area contributed by atoms with E-state index < -0.39 is 0 Å². The van der Waals surface area contributed by atoms with Crippen molar-refractivity contribution in [2.24, 2.45) is 7.05 Å². The van der Waals surface area contributed by atoms with Crippen LogP contribution in [0.1, 0.15) is 0 Å². The van der Waals surface area contributed by atoms with Crippen LogP contribution in [-0.4, -0.2) is 14.7 Å². The Balaban J connectivity index is 2.27. The number of hydrogen-bond acceptors (Lipinski definition) is 2. The van der Waals surface area contributed by atoms with Gasteiger partial charge in [-0.25, -0.2) is 0 Å². The van der Waals surface area contributed by atoms with Crippen LogP contribution in [-0.2, 0) is 7.05 Å². The maximum atomic E-state index is 9.47. The van der Waals surface area contributed by atoms with E-state index >= 15 is 0 Å². The third kappa shape index (κ3) is 1.56. The molecule has 1 N–H and O–H groups in total. The van der Waals surface area contributed by atoms with E-state index in [1.165, 1.54) is 17.1 Å². The molecule has 0 saturated heterocycles. The van der Waals surface area contributed by atoms with E-state index in [-0.39, 0.29) is 5.75 Å². The molecular formula is C14H12N2O. The zero-order chi connectivity index (χ0) is 11.8. The first kappa shape index (κ1) is 9.90. The summed E-state index contributed by atoms with van der Waals surface area (Å²) in [5.74, 6) is 0.188. The van der Waals surface area contributed by atoms with E-state index in [9.17, 15) is 5.11 Å². The van der Waals surface area contributed by atoms with Crippen molar-refractivity contribution < 1.29 is 5.11 Å². The van der Waals surface area contributed by atoms with E-state index in [1.54, 1.807) is 12.3 Å². The maximum absolute atomic E-state index is 9.47.